The number of methoxy groups -OCH3 is 1. The second-order valence-electron chi connectivity index (χ2n) is 4.70. The molecule has 0 bridgehead atoms. The number of nitrogens with one attached hydrogen (secondary N) is 1. The van der Waals surface area contributed by atoms with Crippen molar-refractivity contribution in [1.82, 2.24) is 4.72 Å². The Kier molecular flexibility index (Phi) is 4.50. The first kappa shape index (κ1) is 15.3. The van der Waals surface area contributed by atoms with Gasteiger partial charge in [-0.3, -0.25) is 0 Å². The third kappa shape index (κ3) is 3.74. The van der Waals surface area contributed by atoms with Crippen LogP contribution in [0.25, 0.3) is 0 Å². The van der Waals surface area contributed by atoms with Crippen molar-refractivity contribution in [2.24, 2.45) is 0 Å². The van der Waals surface area contributed by atoms with Crippen molar-refractivity contribution in [3.05, 3.63) is 53.6 Å². The van der Waals surface area contributed by atoms with Gasteiger partial charge in [-0.25, -0.2) is 13.1 Å². The smallest absolute Gasteiger partial charge is 0.240 e. The summed E-state index contributed by atoms with van der Waals surface area (Å²) in [5.74, 6) is 0.778. The van der Waals surface area contributed by atoms with Gasteiger partial charge in [0.1, 0.15) is 5.75 Å². The Morgan fingerprint density at radius 1 is 1.14 bits per heavy atom. The van der Waals surface area contributed by atoms with Crippen LogP contribution in [0.2, 0.25) is 0 Å². The number of aryl methyl sites for hydroxylation is 1. The molecule has 0 unspecified atom stereocenters. The molecular weight excluding hydrogens is 288 g/mol. The quantitative estimate of drug-likeness (QED) is 0.829. The van der Waals surface area contributed by atoms with Gasteiger partial charge in [0.05, 0.1) is 12.0 Å². The molecule has 0 saturated carbocycles. The second-order valence-corrected chi connectivity index (χ2v) is 6.46. The Bertz CT molecular complexity index is 725. The predicted molar refractivity (Wildman–Crippen MR) is 82.6 cm³/mol. The van der Waals surface area contributed by atoms with Crippen LogP contribution in [0.1, 0.15) is 11.1 Å². The molecule has 2 aromatic rings. The first-order chi connectivity index (χ1) is 9.92. The Balaban J connectivity index is 2.11. The van der Waals surface area contributed by atoms with Crippen molar-refractivity contribution in [1.29, 1.82) is 0 Å². The normalized spacial score (nSPS) is 11.3. The topological polar surface area (TPSA) is 81.4 Å². The van der Waals surface area contributed by atoms with Crippen LogP contribution < -0.4 is 15.2 Å². The van der Waals surface area contributed by atoms with Crippen LogP contribution in [0.3, 0.4) is 0 Å². The summed E-state index contributed by atoms with van der Waals surface area (Å²) in [6.45, 7) is 2.13. The maximum absolute atomic E-state index is 12.1. The number of benzene rings is 2. The number of hydrogen-bond donors (Lipinski definition) is 2. The van der Waals surface area contributed by atoms with Crippen LogP contribution in [0.4, 0.5) is 5.69 Å². The minimum atomic E-state index is -3.54. The number of sulfonamides is 1. The number of hydrogen-bond acceptors (Lipinski definition) is 4. The van der Waals surface area contributed by atoms with Gasteiger partial charge in [0.2, 0.25) is 10.0 Å². The molecule has 6 heteroatoms. The van der Waals surface area contributed by atoms with E-state index in [9.17, 15) is 8.42 Å². The number of anilines is 1. The number of nitrogens with two attached hydrogens (primary N) is 1. The molecule has 0 aliphatic rings. The Hall–Kier alpha value is -2.05. The lowest BCUT2D eigenvalue weighted by Gasteiger charge is -2.09. The van der Waals surface area contributed by atoms with Crippen molar-refractivity contribution in [3.8, 4) is 5.75 Å². The van der Waals surface area contributed by atoms with Gasteiger partial charge in [0.15, 0.2) is 0 Å². The highest BCUT2D eigenvalue weighted by atomic mass is 32.2. The molecule has 5 nitrogen and oxygen atoms in total. The van der Waals surface area contributed by atoms with E-state index < -0.39 is 10.0 Å². The van der Waals surface area contributed by atoms with E-state index in [2.05, 4.69) is 4.72 Å². The number of nitrogen functional groups attached to an aromatic ring is 1. The molecule has 2 aromatic carbocycles. The molecule has 0 saturated heterocycles. The molecule has 0 fully saturated rings. The summed E-state index contributed by atoms with van der Waals surface area (Å²) in [7, 11) is -1.94. The van der Waals surface area contributed by atoms with E-state index in [4.69, 9.17) is 10.5 Å². The van der Waals surface area contributed by atoms with Crippen molar-refractivity contribution < 1.29 is 13.2 Å². The van der Waals surface area contributed by atoms with Crippen LogP contribution in [-0.4, -0.2) is 15.5 Å². The first-order valence-electron chi connectivity index (χ1n) is 6.41. The average Bonchev–Trinajstić information content (AvgIpc) is 2.46. The summed E-state index contributed by atoms with van der Waals surface area (Å²) >= 11 is 0. The summed E-state index contributed by atoms with van der Waals surface area (Å²) in [6.07, 6.45) is 0. The third-order valence-corrected chi connectivity index (χ3v) is 4.53. The van der Waals surface area contributed by atoms with Gasteiger partial charge in [-0.05, 0) is 48.4 Å². The minimum Gasteiger partial charge on any atom is -0.496 e. The first-order valence-corrected chi connectivity index (χ1v) is 7.89. The molecule has 0 spiro atoms. The molecule has 0 aliphatic heterocycles. The molecule has 2 rings (SSSR count). The summed E-state index contributed by atoms with van der Waals surface area (Å²) in [5, 5.41) is 0. The van der Waals surface area contributed by atoms with E-state index in [0.717, 1.165) is 16.9 Å². The van der Waals surface area contributed by atoms with Crippen LogP contribution in [0.15, 0.2) is 47.4 Å². The van der Waals surface area contributed by atoms with Gasteiger partial charge < -0.3 is 10.5 Å². The average molecular weight is 306 g/mol. The number of rotatable bonds is 5. The summed E-state index contributed by atoms with van der Waals surface area (Å²) < 4.78 is 32.0. The fourth-order valence-corrected chi connectivity index (χ4v) is 2.98. The second kappa shape index (κ2) is 6.15. The molecule has 0 amide bonds. The molecule has 0 heterocycles. The van der Waals surface area contributed by atoms with Gasteiger partial charge in [0.25, 0.3) is 0 Å². The maximum Gasteiger partial charge on any atom is 0.240 e. The van der Waals surface area contributed by atoms with Gasteiger partial charge in [-0.2, -0.15) is 0 Å². The van der Waals surface area contributed by atoms with E-state index in [1.54, 1.807) is 19.2 Å². The summed E-state index contributed by atoms with van der Waals surface area (Å²) in [4.78, 5) is 0.196. The zero-order chi connectivity index (χ0) is 15.5. The molecular formula is C15H18N2O3S. The molecule has 112 valence electrons. The van der Waals surface area contributed by atoms with E-state index in [1.165, 1.54) is 12.1 Å². The Morgan fingerprint density at radius 3 is 2.38 bits per heavy atom. The van der Waals surface area contributed by atoms with Gasteiger partial charge >= 0.3 is 0 Å². The Labute approximate surface area is 124 Å². The molecule has 0 radical (unpaired) electrons. The lowest BCUT2D eigenvalue weighted by molar-refractivity contribution is 0.411. The van der Waals surface area contributed by atoms with Gasteiger partial charge in [0, 0.05) is 12.2 Å². The zero-order valence-electron chi connectivity index (χ0n) is 12.0. The highest BCUT2D eigenvalue weighted by molar-refractivity contribution is 7.89. The fourth-order valence-electron chi connectivity index (χ4n) is 1.96. The summed E-state index contributed by atoms with van der Waals surface area (Å²) in [5.41, 5.74) is 7.91. The van der Waals surface area contributed by atoms with Crippen LogP contribution in [0, 0.1) is 6.92 Å². The van der Waals surface area contributed by atoms with Gasteiger partial charge in [-0.1, -0.05) is 12.1 Å². The number of ether oxygens (including phenoxy) is 1. The standard InChI is InChI=1S/C15H18N2O3S/c1-11-9-12(3-8-15(11)20-2)10-17-21(18,19)14-6-4-13(16)5-7-14/h3-9,17H,10,16H2,1-2H3. The minimum absolute atomic E-state index is 0.196. The van der Waals surface area contributed by atoms with Crippen molar-refractivity contribution in [2.45, 2.75) is 18.4 Å². The molecule has 3 N–H and O–H groups in total. The van der Waals surface area contributed by atoms with Crippen molar-refractivity contribution in [2.75, 3.05) is 12.8 Å². The van der Waals surface area contributed by atoms with E-state index >= 15 is 0 Å². The maximum atomic E-state index is 12.1. The SMILES string of the molecule is COc1ccc(CNS(=O)(=O)c2ccc(N)cc2)cc1C. The predicted octanol–water partition coefficient (Wildman–Crippen LogP) is 2.06. The highest BCUT2D eigenvalue weighted by Crippen LogP contribution is 2.19. The monoisotopic (exact) mass is 306 g/mol. The van der Waals surface area contributed by atoms with Crippen LogP contribution >= 0.6 is 0 Å². The van der Waals surface area contributed by atoms with E-state index in [1.807, 2.05) is 25.1 Å². The van der Waals surface area contributed by atoms with Crippen molar-refractivity contribution in [3.63, 3.8) is 0 Å². The molecule has 21 heavy (non-hydrogen) atoms. The molecule has 0 aliphatic carbocycles. The zero-order valence-corrected chi connectivity index (χ0v) is 12.8. The largest absolute Gasteiger partial charge is 0.496 e. The lowest BCUT2D eigenvalue weighted by atomic mass is 10.1. The molecule has 0 atom stereocenters. The van der Waals surface area contributed by atoms with Crippen LogP contribution in [0.5, 0.6) is 5.75 Å². The fraction of sp³-hybridized carbons (Fsp3) is 0.200. The van der Waals surface area contributed by atoms with E-state index in [0.29, 0.717) is 5.69 Å². The summed E-state index contributed by atoms with van der Waals surface area (Å²) in [6, 6.07) is 11.6. The van der Waals surface area contributed by atoms with Gasteiger partial charge in [-0.15, -0.1) is 0 Å². The lowest BCUT2D eigenvalue weighted by Crippen LogP contribution is -2.23. The van der Waals surface area contributed by atoms with Crippen LogP contribution in [-0.2, 0) is 16.6 Å². The third-order valence-electron chi connectivity index (χ3n) is 3.12. The highest BCUT2D eigenvalue weighted by Gasteiger charge is 2.13. The Morgan fingerprint density at radius 2 is 1.81 bits per heavy atom. The van der Waals surface area contributed by atoms with E-state index in [-0.39, 0.29) is 11.4 Å². The molecule has 0 aromatic heterocycles. The van der Waals surface area contributed by atoms with Crippen molar-refractivity contribution >= 4 is 15.7 Å².